The van der Waals surface area contributed by atoms with Gasteiger partial charge >= 0.3 is 0 Å². The zero-order valence-corrected chi connectivity index (χ0v) is 12.1. The number of benzene rings is 1. The summed E-state index contributed by atoms with van der Waals surface area (Å²) in [4.78, 5) is 13.6. The second-order valence-electron chi connectivity index (χ2n) is 4.95. The standard InChI is InChI=1S/C16H20N2O2/c1-12-4-5-13(2)18(12)15-8-6-14(7-9-15)16(20)17(3)10-11-19/h4-9,19H,10-11H2,1-3H3. The molecule has 0 bridgehead atoms. The van der Waals surface area contributed by atoms with Crippen LogP contribution in [-0.4, -0.2) is 40.7 Å². The second-order valence-corrected chi connectivity index (χ2v) is 4.95. The first kappa shape index (κ1) is 14.3. The van der Waals surface area contributed by atoms with Crippen LogP contribution in [0.4, 0.5) is 0 Å². The number of amides is 1. The van der Waals surface area contributed by atoms with Crippen LogP contribution in [0.1, 0.15) is 21.7 Å². The third-order valence-corrected chi connectivity index (χ3v) is 3.43. The number of carbonyl (C=O) groups excluding carboxylic acids is 1. The van der Waals surface area contributed by atoms with Crippen LogP contribution in [0.25, 0.3) is 5.69 Å². The van der Waals surface area contributed by atoms with E-state index < -0.39 is 0 Å². The molecule has 1 aromatic carbocycles. The largest absolute Gasteiger partial charge is 0.395 e. The van der Waals surface area contributed by atoms with E-state index in [2.05, 4.69) is 30.5 Å². The van der Waals surface area contributed by atoms with E-state index in [0.29, 0.717) is 12.1 Å². The highest BCUT2D eigenvalue weighted by Gasteiger charge is 2.11. The summed E-state index contributed by atoms with van der Waals surface area (Å²) in [6.45, 7) is 4.43. The molecule has 2 aromatic rings. The first-order valence-electron chi connectivity index (χ1n) is 6.66. The Hall–Kier alpha value is -2.07. The first-order valence-corrected chi connectivity index (χ1v) is 6.66. The highest BCUT2D eigenvalue weighted by molar-refractivity contribution is 5.94. The monoisotopic (exact) mass is 272 g/mol. The molecule has 1 amide bonds. The van der Waals surface area contributed by atoms with Gasteiger partial charge in [0, 0.05) is 36.2 Å². The van der Waals surface area contributed by atoms with Gasteiger partial charge in [-0.1, -0.05) is 0 Å². The Morgan fingerprint density at radius 1 is 1.10 bits per heavy atom. The Morgan fingerprint density at radius 3 is 2.15 bits per heavy atom. The number of aromatic nitrogens is 1. The minimum atomic E-state index is -0.0773. The van der Waals surface area contributed by atoms with Crippen LogP contribution in [0.15, 0.2) is 36.4 Å². The van der Waals surface area contributed by atoms with Crippen LogP contribution in [0.5, 0.6) is 0 Å². The lowest BCUT2D eigenvalue weighted by molar-refractivity contribution is 0.0767. The Morgan fingerprint density at radius 2 is 1.65 bits per heavy atom. The molecule has 0 fully saturated rings. The number of aliphatic hydroxyl groups excluding tert-OH is 1. The number of aryl methyl sites for hydroxylation is 2. The molecule has 4 heteroatoms. The van der Waals surface area contributed by atoms with Crippen molar-refractivity contribution in [2.45, 2.75) is 13.8 Å². The van der Waals surface area contributed by atoms with Gasteiger partial charge in [-0.25, -0.2) is 0 Å². The number of hydrogen-bond acceptors (Lipinski definition) is 2. The lowest BCUT2D eigenvalue weighted by atomic mass is 10.1. The summed E-state index contributed by atoms with van der Waals surface area (Å²) in [5, 5.41) is 8.87. The average molecular weight is 272 g/mol. The van der Waals surface area contributed by atoms with Gasteiger partial charge in [0.25, 0.3) is 5.91 Å². The highest BCUT2D eigenvalue weighted by Crippen LogP contribution is 2.17. The number of hydrogen-bond donors (Lipinski definition) is 1. The topological polar surface area (TPSA) is 45.5 Å². The van der Waals surface area contributed by atoms with E-state index in [-0.39, 0.29) is 12.5 Å². The molecule has 0 aliphatic rings. The van der Waals surface area contributed by atoms with E-state index in [1.54, 1.807) is 7.05 Å². The van der Waals surface area contributed by atoms with Gasteiger partial charge in [-0.15, -0.1) is 0 Å². The summed E-state index contributed by atoms with van der Waals surface area (Å²) in [5.41, 5.74) is 4.01. The summed E-state index contributed by atoms with van der Waals surface area (Å²) >= 11 is 0. The van der Waals surface area contributed by atoms with Crippen molar-refractivity contribution in [3.8, 4) is 5.69 Å². The zero-order chi connectivity index (χ0) is 14.7. The predicted octanol–water partition coefficient (Wildman–Crippen LogP) is 2.16. The van der Waals surface area contributed by atoms with Crippen molar-refractivity contribution in [3.63, 3.8) is 0 Å². The van der Waals surface area contributed by atoms with Gasteiger partial charge in [-0.05, 0) is 50.2 Å². The van der Waals surface area contributed by atoms with Gasteiger partial charge in [0.1, 0.15) is 0 Å². The smallest absolute Gasteiger partial charge is 0.253 e. The van der Waals surface area contributed by atoms with Crippen molar-refractivity contribution >= 4 is 5.91 Å². The van der Waals surface area contributed by atoms with Gasteiger partial charge in [-0.2, -0.15) is 0 Å². The van der Waals surface area contributed by atoms with E-state index in [4.69, 9.17) is 5.11 Å². The van der Waals surface area contributed by atoms with E-state index in [9.17, 15) is 4.79 Å². The Labute approximate surface area is 119 Å². The zero-order valence-electron chi connectivity index (χ0n) is 12.1. The molecule has 1 heterocycles. The molecule has 0 aliphatic heterocycles. The van der Waals surface area contributed by atoms with Crippen molar-refractivity contribution in [1.82, 2.24) is 9.47 Å². The lowest BCUT2D eigenvalue weighted by Crippen LogP contribution is -2.29. The van der Waals surface area contributed by atoms with Crippen LogP contribution in [0.3, 0.4) is 0 Å². The van der Waals surface area contributed by atoms with Crippen LogP contribution in [0, 0.1) is 13.8 Å². The predicted molar refractivity (Wildman–Crippen MR) is 79.3 cm³/mol. The summed E-state index contributed by atoms with van der Waals surface area (Å²) < 4.78 is 2.14. The van der Waals surface area contributed by atoms with Crippen LogP contribution >= 0.6 is 0 Å². The molecule has 1 N–H and O–H groups in total. The number of rotatable bonds is 4. The first-order chi connectivity index (χ1) is 9.54. The number of carbonyl (C=O) groups is 1. The van der Waals surface area contributed by atoms with Gasteiger partial charge < -0.3 is 14.6 Å². The summed E-state index contributed by atoms with van der Waals surface area (Å²) in [6.07, 6.45) is 0. The van der Waals surface area contributed by atoms with Crippen molar-refractivity contribution in [1.29, 1.82) is 0 Å². The highest BCUT2D eigenvalue weighted by atomic mass is 16.3. The molecule has 0 aliphatic carbocycles. The molecule has 2 rings (SSSR count). The summed E-state index contributed by atoms with van der Waals surface area (Å²) in [5.74, 6) is -0.0773. The van der Waals surface area contributed by atoms with Crippen molar-refractivity contribution in [3.05, 3.63) is 53.3 Å². The molecular formula is C16H20N2O2. The number of nitrogens with zero attached hydrogens (tertiary/aromatic N) is 2. The van der Waals surface area contributed by atoms with Gasteiger partial charge in [-0.3, -0.25) is 4.79 Å². The molecule has 0 saturated heterocycles. The maximum absolute atomic E-state index is 12.1. The Kier molecular flexibility index (Phi) is 4.25. The molecule has 1 aromatic heterocycles. The van der Waals surface area contributed by atoms with Crippen molar-refractivity contribution < 1.29 is 9.90 Å². The molecule has 0 saturated carbocycles. The van der Waals surface area contributed by atoms with Gasteiger partial charge in [0.15, 0.2) is 0 Å². The minimum absolute atomic E-state index is 0.0257. The molecular weight excluding hydrogens is 252 g/mol. The third-order valence-electron chi connectivity index (χ3n) is 3.43. The number of likely N-dealkylation sites (N-methyl/N-ethyl adjacent to an activating group) is 1. The third kappa shape index (κ3) is 2.75. The lowest BCUT2D eigenvalue weighted by Gasteiger charge is -2.16. The molecule has 4 nitrogen and oxygen atoms in total. The minimum Gasteiger partial charge on any atom is -0.395 e. The number of aliphatic hydroxyl groups is 1. The molecule has 0 unspecified atom stereocenters. The van der Waals surface area contributed by atoms with Crippen molar-refractivity contribution in [2.75, 3.05) is 20.2 Å². The van der Waals surface area contributed by atoms with Crippen LogP contribution in [-0.2, 0) is 0 Å². The summed E-state index contributed by atoms with van der Waals surface area (Å²) in [6, 6.07) is 11.7. The maximum atomic E-state index is 12.1. The van der Waals surface area contributed by atoms with E-state index in [1.165, 1.54) is 16.3 Å². The van der Waals surface area contributed by atoms with Crippen LogP contribution < -0.4 is 0 Å². The second kappa shape index (κ2) is 5.92. The SMILES string of the molecule is Cc1ccc(C)n1-c1ccc(C(=O)N(C)CCO)cc1. The fourth-order valence-electron chi connectivity index (χ4n) is 2.30. The fraction of sp³-hybridized carbons (Fsp3) is 0.312. The van der Waals surface area contributed by atoms with Crippen molar-refractivity contribution in [2.24, 2.45) is 0 Å². The molecule has 0 spiro atoms. The maximum Gasteiger partial charge on any atom is 0.253 e. The van der Waals surface area contributed by atoms with E-state index in [0.717, 1.165) is 5.69 Å². The van der Waals surface area contributed by atoms with Gasteiger partial charge in [0.05, 0.1) is 6.61 Å². The molecule has 106 valence electrons. The molecule has 0 atom stereocenters. The fourth-order valence-corrected chi connectivity index (χ4v) is 2.30. The Bertz CT molecular complexity index is 580. The van der Waals surface area contributed by atoms with E-state index in [1.807, 2.05) is 24.3 Å². The Balaban J connectivity index is 2.25. The molecule has 0 radical (unpaired) electrons. The summed E-state index contributed by atoms with van der Waals surface area (Å²) in [7, 11) is 1.69. The average Bonchev–Trinajstić information content (AvgIpc) is 2.78. The van der Waals surface area contributed by atoms with Crippen LogP contribution in [0.2, 0.25) is 0 Å². The van der Waals surface area contributed by atoms with Gasteiger partial charge in [0.2, 0.25) is 0 Å². The quantitative estimate of drug-likeness (QED) is 0.927. The van der Waals surface area contributed by atoms with E-state index >= 15 is 0 Å². The molecule has 20 heavy (non-hydrogen) atoms. The normalized spacial score (nSPS) is 10.6.